The highest BCUT2D eigenvalue weighted by Gasteiger charge is 2.07. The molecule has 4 nitrogen and oxygen atoms in total. The van der Waals surface area contributed by atoms with Crippen LogP contribution in [0.2, 0.25) is 0 Å². The van der Waals surface area contributed by atoms with E-state index in [1.165, 1.54) is 5.56 Å². The van der Waals surface area contributed by atoms with E-state index in [-0.39, 0.29) is 0 Å². The fourth-order valence-corrected chi connectivity index (χ4v) is 1.81. The van der Waals surface area contributed by atoms with Crippen molar-refractivity contribution in [2.75, 3.05) is 14.2 Å². The lowest BCUT2D eigenvalue weighted by Crippen LogP contribution is -2.06. The first kappa shape index (κ1) is 11.7. The van der Waals surface area contributed by atoms with E-state index < -0.39 is 0 Å². The number of hydrogen-bond acceptors (Lipinski definition) is 3. The van der Waals surface area contributed by atoms with Gasteiger partial charge < -0.3 is 10.1 Å². The van der Waals surface area contributed by atoms with E-state index in [1.54, 1.807) is 7.11 Å². The van der Waals surface area contributed by atoms with Crippen LogP contribution in [0.5, 0.6) is 5.75 Å². The standard InChI is InChI=1S/C13H17N3O/c1-10-11(8-14-2)9-15-16(10)12-5-4-6-13(7-12)17-3/h4-7,9,14H,8H2,1-3H3. The smallest absolute Gasteiger partial charge is 0.121 e. The lowest BCUT2D eigenvalue weighted by Gasteiger charge is -2.07. The number of methoxy groups -OCH3 is 1. The van der Waals surface area contributed by atoms with Gasteiger partial charge in [-0.15, -0.1) is 0 Å². The Hall–Kier alpha value is -1.81. The van der Waals surface area contributed by atoms with Crippen LogP contribution in [0, 0.1) is 6.92 Å². The minimum atomic E-state index is 0.829. The van der Waals surface area contributed by atoms with Gasteiger partial charge in [0.05, 0.1) is 19.0 Å². The molecule has 0 saturated carbocycles. The average Bonchev–Trinajstić information content (AvgIpc) is 2.72. The Labute approximate surface area is 101 Å². The van der Waals surface area contributed by atoms with Crippen molar-refractivity contribution in [2.45, 2.75) is 13.5 Å². The molecule has 0 bridgehead atoms. The number of hydrogen-bond donors (Lipinski definition) is 1. The first-order chi connectivity index (χ1) is 8.26. The van der Waals surface area contributed by atoms with Crippen LogP contribution in [-0.2, 0) is 6.54 Å². The Morgan fingerprint density at radius 1 is 1.41 bits per heavy atom. The summed E-state index contributed by atoms with van der Waals surface area (Å²) < 4.78 is 7.14. The maximum Gasteiger partial charge on any atom is 0.121 e. The molecule has 0 atom stereocenters. The van der Waals surface area contributed by atoms with E-state index in [2.05, 4.69) is 17.3 Å². The van der Waals surface area contributed by atoms with Crippen LogP contribution in [0.1, 0.15) is 11.3 Å². The molecule has 2 rings (SSSR count). The zero-order valence-electron chi connectivity index (χ0n) is 10.4. The normalized spacial score (nSPS) is 10.5. The van der Waals surface area contributed by atoms with E-state index in [0.29, 0.717) is 0 Å². The van der Waals surface area contributed by atoms with Crippen LogP contribution in [0.25, 0.3) is 5.69 Å². The molecule has 90 valence electrons. The minimum absolute atomic E-state index is 0.829. The maximum atomic E-state index is 5.22. The van der Waals surface area contributed by atoms with Gasteiger partial charge in [-0.25, -0.2) is 4.68 Å². The Balaban J connectivity index is 2.38. The molecule has 0 aliphatic carbocycles. The number of nitrogens with one attached hydrogen (secondary N) is 1. The molecule has 0 radical (unpaired) electrons. The lowest BCUT2D eigenvalue weighted by molar-refractivity contribution is 0.414. The van der Waals surface area contributed by atoms with Gasteiger partial charge in [-0.1, -0.05) is 6.07 Å². The van der Waals surface area contributed by atoms with Crippen molar-refractivity contribution in [2.24, 2.45) is 0 Å². The Morgan fingerprint density at radius 2 is 2.24 bits per heavy atom. The predicted octanol–water partition coefficient (Wildman–Crippen LogP) is 1.91. The van der Waals surface area contributed by atoms with Crippen molar-refractivity contribution in [1.29, 1.82) is 0 Å². The highest BCUT2D eigenvalue weighted by atomic mass is 16.5. The molecule has 1 aromatic heterocycles. The molecule has 1 N–H and O–H groups in total. The number of ether oxygens (including phenoxy) is 1. The topological polar surface area (TPSA) is 39.1 Å². The van der Waals surface area contributed by atoms with Crippen LogP contribution in [-0.4, -0.2) is 23.9 Å². The van der Waals surface area contributed by atoms with Crippen molar-refractivity contribution >= 4 is 0 Å². The van der Waals surface area contributed by atoms with E-state index >= 15 is 0 Å². The lowest BCUT2D eigenvalue weighted by atomic mass is 10.2. The summed E-state index contributed by atoms with van der Waals surface area (Å²) in [5, 5.41) is 7.54. The average molecular weight is 231 g/mol. The summed E-state index contributed by atoms with van der Waals surface area (Å²) in [6.07, 6.45) is 1.89. The van der Waals surface area contributed by atoms with Gasteiger partial charge in [-0.05, 0) is 26.1 Å². The Morgan fingerprint density at radius 3 is 2.94 bits per heavy atom. The van der Waals surface area contributed by atoms with E-state index in [1.807, 2.05) is 42.2 Å². The molecule has 2 aromatic rings. The number of benzene rings is 1. The zero-order chi connectivity index (χ0) is 12.3. The van der Waals surface area contributed by atoms with Crippen LogP contribution in [0.4, 0.5) is 0 Å². The van der Waals surface area contributed by atoms with Gasteiger partial charge in [0.25, 0.3) is 0 Å². The van der Waals surface area contributed by atoms with Gasteiger partial charge in [0, 0.05) is 23.9 Å². The summed E-state index contributed by atoms with van der Waals surface area (Å²) in [5.41, 5.74) is 3.37. The molecule has 0 aliphatic heterocycles. The summed E-state index contributed by atoms with van der Waals surface area (Å²) in [6, 6.07) is 7.89. The summed E-state index contributed by atoms with van der Waals surface area (Å²) in [4.78, 5) is 0. The van der Waals surface area contributed by atoms with Crippen molar-refractivity contribution in [1.82, 2.24) is 15.1 Å². The van der Waals surface area contributed by atoms with Crippen molar-refractivity contribution in [3.63, 3.8) is 0 Å². The molecule has 1 heterocycles. The maximum absolute atomic E-state index is 5.22. The number of nitrogens with zero attached hydrogens (tertiary/aromatic N) is 2. The summed E-state index contributed by atoms with van der Waals surface area (Å²) in [7, 11) is 3.60. The van der Waals surface area contributed by atoms with Crippen molar-refractivity contribution < 1.29 is 4.74 Å². The molecule has 17 heavy (non-hydrogen) atoms. The first-order valence-corrected chi connectivity index (χ1v) is 5.58. The number of rotatable bonds is 4. The summed E-state index contributed by atoms with van der Waals surface area (Å²) in [5.74, 6) is 0.840. The molecule has 1 aromatic carbocycles. The molecule has 0 aliphatic rings. The second-order valence-corrected chi connectivity index (χ2v) is 3.90. The fourth-order valence-electron chi connectivity index (χ4n) is 1.81. The monoisotopic (exact) mass is 231 g/mol. The Kier molecular flexibility index (Phi) is 3.44. The van der Waals surface area contributed by atoms with Gasteiger partial charge in [0.2, 0.25) is 0 Å². The second kappa shape index (κ2) is 5.01. The van der Waals surface area contributed by atoms with Crippen molar-refractivity contribution in [3.8, 4) is 11.4 Å². The van der Waals surface area contributed by atoms with Gasteiger partial charge in [-0.2, -0.15) is 5.10 Å². The molecule has 0 amide bonds. The fraction of sp³-hybridized carbons (Fsp3) is 0.308. The number of aromatic nitrogens is 2. The second-order valence-electron chi connectivity index (χ2n) is 3.90. The molecule has 0 saturated heterocycles. The van der Waals surface area contributed by atoms with E-state index in [4.69, 9.17) is 4.74 Å². The van der Waals surface area contributed by atoms with Gasteiger partial charge in [0.15, 0.2) is 0 Å². The molecule has 0 spiro atoms. The van der Waals surface area contributed by atoms with E-state index in [9.17, 15) is 0 Å². The minimum Gasteiger partial charge on any atom is -0.497 e. The Bertz CT molecular complexity index is 505. The third-order valence-electron chi connectivity index (χ3n) is 2.78. The highest BCUT2D eigenvalue weighted by Crippen LogP contribution is 2.18. The third-order valence-corrected chi connectivity index (χ3v) is 2.78. The first-order valence-electron chi connectivity index (χ1n) is 5.58. The zero-order valence-corrected chi connectivity index (χ0v) is 10.4. The highest BCUT2D eigenvalue weighted by molar-refractivity contribution is 5.40. The predicted molar refractivity (Wildman–Crippen MR) is 67.6 cm³/mol. The SMILES string of the molecule is CNCc1cnn(-c2cccc(OC)c2)c1C. The third kappa shape index (κ3) is 2.31. The quantitative estimate of drug-likeness (QED) is 0.873. The molecule has 0 fully saturated rings. The summed E-state index contributed by atoms with van der Waals surface area (Å²) >= 11 is 0. The van der Waals surface area contributed by atoms with Gasteiger partial charge in [-0.3, -0.25) is 0 Å². The summed E-state index contributed by atoms with van der Waals surface area (Å²) in [6.45, 7) is 2.90. The molecule has 0 unspecified atom stereocenters. The van der Waals surface area contributed by atoms with Crippen LogP contribution in [0.3, 0.4) is 0 Å². The van der Waals surface area contributed by atoms with Crippen LogP contribution < -0.4 is 10.1 Å². The molecular formula is C13H17N3O. The van der Waals surface area contributed by atoms with Crippen LogP contribution >= 0.6 is 0 Å². The van der Waals surface area contributed by atoms with Gasteiger partial charge in [0.1, 0.15) is 5.75 Å². The van der Waals surface area contributed by atoms with E-state index in [0.717, 1.165) is 23.7 Å². The molecule has 4 heteroatoms. The van der Waals surface area contributed by atoms with Gasteiger partial charge >= 0.3 is 0 Å². The molecular weight excluding hydrogens is 214 g/mol. The van der Waals surface area contributed by atoms with Crippen LogP contribution in [0.15, 0.2) is 30.5 Å². The largest absolute Gasteiger partial charge is 0.497 e. The van der Waals surface area contributed by atoms with Crippen molar-refractivity contribution in [3.05, 3.63) is 41.7 Å².